The van der Waals surface area contributed by atoms with Gasteiger partial charge in [-0.05, 0) is 25.8 Å². The molecule has 0 aromatic heterocycles. The van der Waals surface area contributed by atoms with Crippen LogP contribution in [0.2, 0.25) is 0 Å². The van der Waals surface area contributed by atoms with Crippen molar-refractivity contribution in [3.8, 4) is 0 Å². The Bertz CT molecular complexity index is 418. The summed E-state index contributed by atoms with van der Waals surface area (Å²) in [7, 11) is 0. The average molecular weight is 255 g/mol. The smallest absolute Gasteiger partial charge is 0.131 e. The molecule has 1 saturated carbocycles. The van der Waals surface area contributed by atoms with Crippen molar-refractivity contribution in [2.75, 3.05) is 6.61 Å². The molecule has 0 radical (unpaired) electrons. The maximum Gasteiger partial charge on any atom is 0.131 e. The topological polar surface area (TPSA) is 32.3 Å². The lowest BCUT2D eigenvalue weighted by Gasteiger charge is -2.33. The molecule has 0 amide bonds. The first-order valence-electron chi connectivity index (χ1n) is 6.39. The highest BCUT2D eigenvalue weighted by Crippen LogP contribution is 2.28. The number of nitrogens with one attached hydrogen (secondary N) is 1. The Labute approximate surface area is 106 Å². The van der Waals surface area contributed by atoms with E-state index in [1.807, 2.05) is 0 Å². The van der Waals surface area contributed by atoms with Gasteiger partial charge in [-0.2, -0.15) is 0 Å². The van der Waals surface area contributed by atoms with E-state index >= 15 is 0 Å². The van der Waals surface area contributed by atoms with E-state index in [0.717, 1.165) is 31.7 Å². The minimum atomic E-state index is -0.854. The van der Waals surface area contributed by atoms with Crippen LogP contribution in [0.25, 0.3) is 0 Å². The van der Waals surface area contributed by atoms with Crippen molar-refractivity contribution < 1.29 is 13.9 Å². The van der Waals surface area contributed by atoms with E-state index in [1.165, 1.54) is 12.1 Å². The van der Waals surface area contributed by atoms with Crippen molar-refractivity contribution in [1.29, 1.82) is 0 Å². The monoisotopic (exact) mass is 255 g/mol. The summed E-state index contributed by atoms with van der Waals surface area (Å²) < 4.78 is 26.7. The molecule has 1 unspecified atom stereocenters. The normalized spacial score (nSPS) is 20.0. The summed E-state index contributed by atoms with van der Waals surface area (Å²) >= 11 is 0. The largest absolute Gasteiger partial charge is 0.394 e. The van der Waals surface area contributed by atoms with Crippen molar-refractivity contribution in [2.24, 2.45) is 0 Å². The molecular weight excluding hydrogens is 236 g/mol. The maximum absolute atomic E-state index is 13.8. The Kier molecular flexibility index (Phi) is 3.97. The van der Waals surface area contributed by atoms with Gasteiger partial charge in [-0.3, -0.25) is 0 Å². The molecule has 1 aliphatic rings. The lowest BCUT2D eigenvalue weighted by atomic mass is 9.91. The molecule has 1 atom stereocenters. The fourth-order valence-corrected chi connectivity index (χ4v) is 2.67. The number of benzene rings is 1. The van der Waals surface area contributed by atoms with Crippen molar-refractivity contribution >= 4 is 0 Å². The third-order valence-corrected chi connectivity index (χ3v) is 3.72. The molecule has 18 heavy (non-hydrogen) atoms. The molecule has 1 aliphatic carbocycles. The summed E-state index contributed by atoms with van der Waals surface area (Å²) in [4.78, 5) is 0. The van der Waals surface area contributed by atoms with Crippen molar-refractivity contribution in [3.05, 3.63) is 35.4 Å². The molecule has 0 heterocycles. The first-order chi connectivity index (χ1) is 8.55. The molecule has 0 saturated heterocycles. The Hall–Kier alpha value is -1.00. The van der Waals surface area contributed by atoms with Crippen molar-refractivity contribution in [2.45, 2.75) is 44.2 Å². The predicted molar refractivity (Wildman–Crippen MR) is 66.2 cm³/mol. The van der Waals surface area contributed by atoms with Crippen LogP contribution in [0.3, 0.4) is 0 Å². The number of hydrogen-bond donors (Lipinski definition) is 2. The molecule has 2 rings (SSSR count). The Morgan fingerprint density at radius 3 is 2.56 bits per heavy atom. The summed E-state index contributed by atoms with van der Waals surface area (Å²) in [5.41, 5.74) is -0.537. The van der Waals surface area contributed by atoms with Crippen LogP contribution in [0.5, 0.6) is 0 Å². The highest BCUT2D eigenvalue weighted by molar-refractivity contribution is 5.26. The Balaban J connectivity index is 2.24. The predicted octanol–water partition coefficient (Wildman–Crippen LogP) is 2.70. The van der Waals surface area contributed by atoms with Crippen LogP contribution >= 0.6 is 0 Å². The van der Waals surface area contributed by atoms with Crippen molar-refractivity contribution in [3.63, 3.8) is 0 Å². The van der Waals surface area contributed by atoms with Gasteiger partial charge in [0.2, 0.25) is 0 Å². The van der Waals surface area contributed by atoms with Crippen LogP contribution < -0.4 is 5.32 Å². The van der Waals surface area contributed by atoms with Crippen LogP contribution in [0, 0.1) is 11.6 Å². The van der Waals surface area contributed by atoms with Gasteiger partial charge in [-0.15, -0.1) is 0 Å². The molecule has 4 heteroatoms. The van der Waals surface area contributed by atoms with Crippen LogP contribution in [-0.2, 0) is 5.54 Å². The average Bonchev–Trinajstić information content (AvgIpc) is 2.81. The Morgan fingerprint density at radius 2 is 2.00 bits per heavy atom. The zero-order valence-electron chi connectivity index (χ0n) is 10.5. The zero-order chi connectivity index (χ0) is 13.2. The van der Waals surface area contributed by atoms with Gasteiger partial charge < -0.3 is 10.4 Å². The van der Waals surface area contributed by atoms with E-state index in [0.29, 0.717) is 11.6 Å². The van der Waals surface area contributed by atoms with E-state index in [2.05, 4.69) is 5.32 Å². The summed E-state index contributed by atoms with van der Waals surface area (Å²) in [5.74, 6) is -1.21. The molecule has 2 N–H and O–H groups in total. The highest BCUT2D eigenvalue weighted by Gasteiger charge is 2.32. The van der Waals surface area contributed by atoms with Gasteiger partial charge >= 0.3 is 0 Å². The fraction of sp³-hybridized carbons (Fsp3) is 0.571. The van der Waals surface area contributed by atoms with Crippen molar-refractivity contribution in [1.82, 2.24) is 5.32 Å². The number of halogens is 2. The number of hydrogen-bond acceptors (Lipinski definition) is 2. The second-order valence-electron chi connectivity index (χ2n) is 5.24. The van der Waals surface area contributed by atoms with E-state index in [4.69, 9.17) is 0 Å². The highest BCUT2D eigenvalue weighted by atomic mass is 19.1. The summed E-state index contributed by atoms with van der Waals surface area (Å²) in [6.45, 7) is 1.54. The second-order valence-corrected chi connectivity index (χ2v) is 5.24. The summed E-state index contributed by atoms with van der Waals surface area (Å²) in [6, 6.07) is 3.79. The SMILES string of the molecule is CC(CO)(NC1CCCC1)c1ccc(F)cc1F. The molecule has 2 nitrogen and oxygen atoms in total. The van der Waals surface area contributed by atoms with E-state index < -0.39 is 17.2 Å². The molecule has 1 aromatic rings. The Morgan fingerprint density at radius 1 is 1.33 bits per heavy atom. The lowest BCUT2D eigenvalue weighted by molar-refractivity contribution is 0.157. The molecule has 1 fully saturated rings. The van der Waals surface area contributed by atoms with E-state index in [1.54, 1.807) is 6.92 Å². The van der Waals surface area contributed by atoms with Gasteiger partial charge in [-0.1, -0.05) is 18.9 Å². The number of aliphatic hydroxyl groups is 1. The van der Waals surface area contributed by atoms with Gasteiger partial charge in [0.05, 0.1) is 12.1 Å². The van der Waals surface area contributed by atoms with E-state index in [9.17, 15) is 13.9 Å². The lowest BCUT2D eigenvalue weighted by Crippen LogP contribution is -2.48. The molecule has 100 valence electrons. The van der Waals surface area contributed by atoms with Gasteiger partial charge in [0.1, 0.15) is 11.6 Å². The van der Waals surface area contributed by atoms with Crippen LogP contribution in [-0.4, -0.2) is 17.8 Å². The zero-order valence-corrected chi connectivity index (χ0v) is 10.5. The maximum atomic E-state index is 13.8. The number of rotatable bonds is 4. The minimum absolute atomic E-state index is 0.216. The number of aliphatic hydroxyl groups excluding tert-OH is 1. The third-order valence-electron chi connectivity index (χ3n) is 3.72. The van der Waals surface area contributed by atoms with Gasteiger partial charge in [-0.25, -0.2) is 8.78 Å². The summed E-state index contributed by atoms with van der Waals surface area (Å²) in [6.07, 6.45) is 4.40. The van der Waals surface area contributed by atoms with Crippen LogP contribution in [0.15, 0.2) is 18.2 Å². The standard InChI is InChI=1S/C14H19F2NO/c1-14(9-18,17-11-4-2-3-5-11)12-7-6-10(15)8-13(12)16/h6-8,11,17-18H,2-5,9H2,1H3. The quantitative estimate of drug-likeness (QED) is 0.867. The molecular formula is C14H19F2NO. The minimum Gasteiger partial charge on any atom is -0.394 e. The van der Waals surface area contributed by atoms with Gasteiger partial charge in [0, 0.05) is 17.7 Å². The molecule has 0 aliphatic heterocycles. The first-order valence-corrected chi connectivity index (χ1v) is 6.39. The van der Waals surface area contributed by atoms with Gasteiger partial charge in [0.25, 0.3) is 0 Å². The first kappa shape index (κ1) is 13.4. The second kappa shape index (κ2) is 5.33. The van der Waals surface area contributed by atoms with E-state index in [-0.39, 0.29) is 6.61 Å². The fourth-order valence-electron chi connectivity index (χ4n) is 2.67. The van der Waals surface area contributed by atoms with Gasteiger partial charge in [0.15, 0.2) is 0 Å². The van der Waals surface area contributed by atoms with Crippen LogP contribution in [0.1, 0.15) is 38.2 Å². The molecule has 0 bridgehead atoms. The molecule has 0 spiro atoms. The summed E-state index contributed by atoms with van der Waals surface area (Å²) in [5, 5.41) is 12.9. The third kappa shape index (κ3) is 2.70. The molecule has 1 aromatic carbocycles. The van der Waals surface area contributed by atoms with Crippen LogP contribution in [0.4, 0.5) is 8.78 Å².